The zero-order valence-corrected chi connectivity index (χ0v) is 22.9. The molecule has 0 aliphatic heterocycles. The molecular formula is C27H44N4O6. The van der Waals surface area contributed by atoms with E-state index in [0.29, 0.717) is 19.5 Å². The van der Waals surface area contributed by atoms with Gasteiger partial charge in [0.15, 0.2) is 0 Å². The van der Waals surface area contributed by atoms with Gasteiger partial charge in [-0.05, 0) is 51.5 Å². The maximum absolute atomic E-state index is 12.6. The van der Waals surface area contributed by atoms with Gasteiger partial charge in [-0.1, -0.05) is 57.0 Å². The van der Waals surface area contributed by atoms with Crippen LogP contribution in [0.1, 0.15) is 72.3 Å². The van der Waals surface area contributed by atoms with E-state index in [1.807, 2.05) is 65.0 Å². The lowest BCUT2D eigenvalue weighted by Gasteiger charge is -2.20. The molecule has 4 amide bonds. The van der Waals surface area contributed by atoms with E-state index in [1.54, 1.807) is 0 Å². The fraction of sp³-hybridized carbons (Fsp3) is 0.630. The SMILES string of the molecule is CC(C)C[C@H](NC(=O)CNC(=O)OCc1ccccc1)C(=O)NCCCCCCNC(=O)OC(C)(C)C. The van der Waals surface area contributed by atoms with Gasteiger partial charge in [0, 0.05) is 13.1 Å². The molecule has 10 heteroatoms. The predicted molar refractivity (Wildman–Crippen MR) is 142 cm³/mol. The highest BCUT2D eigenvalue weighted by molar-refractivity contribution is 5.89. The lowest BCUT2D eigenvalue weighted by atomic mass is 10.0. The van der Waals surface area contributed by atoms with Gasteiger partial charge in [0.1, 0.15) is 24.8 Å². The molecule has 0 aliphatic rings. The van der Waals surface area contributed by atoms with Crippen LogP contribution in [0.15, 0.2) is 30.3 Å². The topological polar surface area (TPSA) is 135 Å². The van der Waals surface area contributed by atoms with Crippen LogP contribution in [0, 0.1) is 5.92 Å². The maximum Gasteiger partial charge on any atom is 0.407 e. The molecule has 4 N–H and O–H groups in total. The van der Waals surface area contributed by atoms with Crippen molar-refractivity contribution in [3.8, 4) is 0 Å². The first-order valence-electron chi connectivity index (χ1n) is 12.9. The molecule has 1 aromatic carbocycles. The molecular weight excluding hydrogens is 476 g/mol. The number of amides is 4. The minimum Gasteiger partial charge on any atom is -0.445 e. The summed E-state index contributed by atoms with van der Waals surface area (Å²) in [6, 6.07) is 8.53. The summed E-state index contributed by atoms with van der Waals surface area (Å²) in [5.41, 5.74) is 0.327. The Balaban J connectivity index is 2.25. The lowest BCUT2D eigenvalue weighted by molar-refractivity contribution is -0.128. The second-order valence-electron chi connectivity index (χ2n) is 10.3. The van der Waals surface area contributed by atoms with Crippen LogP contribution in [-0.2, 0) is 25.7 Å². The Bertz CT molecular complexity index is 839. The number of rotatable bonds is 15. The van der Waals surface area contributed by atoms with Gasteiger partial charge in [0.25, 0.3) is 0 Å². The van der Waals surface area contributed by atoms with Gasteiger partial charge < -0.3 is 30.7 Å². The summed E-state index contributed by atoms with van der Waals surface area (Å²) >= 11 is 0. The van der Waals surface area contributed by atoms with E-state index < -0.39 is 29.7 Å². The summed E-state index contributed by atoms with van der Waals surface area (Å²) in [6.45, 7) is 10.2. The van der Waals surface area contributed by atoms with Crippen LogP contribution in [0.4, 0.5) is 9.59 Å². The van der Waals surface area contributed by atoms with Crippen LogP contribution >= 0.6 is 0 Å². The lowest BCUT2D eigenvalue weighted by Crippen LogP contribution is -2.50. The summed E-state index contributed by atoms with van der Waals surface area (Å²) in [6.07, 6.45) is 2.76. The van der Waals surface area contributed by atoms with Crippen LogP contribution in [0.2, 0.25) is 0 Å². The van der Waals surface area contributed by atoms with Crippen molar-refractivity contribution in [3.05, 3.63) is 35.9 Å². The summed E-state index contributed by atoms with van der Waals surface area (Å²) in [5.74, 6) is -0.521. The average Bonchev–Trinajstić information content (AvgIpc) is 2.81. The Morgan fingerprint density at radius 3 is 2.05 bits per heavy atom. The van der Waals surface area contributed by atoms with Gasteiger partial charge in [0.2, 0.25) is 11.8 Å². The van der Waals surface area contributed by atoms with Gasteiger partial charge in [-0.25, -0.2) is 9.59 Å². The van der Waals surface area contributed by atoms with E-state index in [2.05, 4.69) is 21.3 Å². The van der Waals surface area contributed by atoms with Crippen LogP contribution in [0.5, 0.6) is 0 Å². The number of unbranched alkanes of at least 4 members (excludes halogenated alkanes) is 3. The van der Waals surface area contributed by atoms with Crippen molar-refractivity contribution in [2.75, 3.05) is 19.6 Å². The number of hydrogen-bond acceptors (Lipinski definition) is 6. The molecule has 0 fully saturated rings. The molecule has 0 saturated carbocycles. The third-order valence-corrected chi connectivity index (χ3v) is 5.04. The molecule has 0 bridgehead atoms. The molecule has 1 rings (SSSR count). The van der Waals surface area contributed by atoms with E-state index in [0.717, 1.165) is 31.2 Å². The largest absolute Gasteiger partial charge is 0.445 e. The number of alkyl carbamates (subject to hydrolysis) is 2. The molecule has 0 aliphatic carbocycles. The third kappa shape index (κ3) is 16.9. The van der Waals surface area contributed by atoms with Crippen molar-refractivity contribution in [2.24, 2.45) is 5.92 Å². The Kier molecular flexibility index (Phi) is 14.8. The first-order valence-corrected chi connectivity index (χ1v) is 12.9. The monoisotopic (exact) mass is 520 g/mol. The first kappa shape index (κ1) is 31.7. The van der Waals surface area contributed by atoms with Gasteiger partial charge in [-0.3, -0.25) is 9.59 Å². The number of ether oxygens (including phenoxy) is 2. The fourth-order valence-corrected chi connectivity index (χ4v) is 3.32. The number of hydrogen-bond donors (Lipinski definition) is 4. The highest BCUT2D eigenvalue weighted by atomic mass is 16.6. The van der Waals surface area contributed by atoms with E-state index in [1.165, 1.54) is 0 Å². The highest BCUT2D eigenvalue weighted by Gasteiger charge is 2.22. The van der Waals surface area contributed by atoms with Crippen LogP contribution in [0.25, 0.3) is 0 Å². The van der Waals surface area contributed by atoms with Crippen molar-refractivity contribution >= 4 is 24.0 Å². The van der Waals surface area contributed by atoms with E-state index in [9.17, 15) is 19.2 Å². The van der Waals surface area contributed by atoms with E-state index >= 15 is 0 Å². The summed E-state index contributed by atoms with van der Waals surface area (Å²) in [7, 11) is 0. The Hall–Kier alpha value is -3.30. The molecule has 0 aromatic heterocycles. The molecule has 208 valence electrons. The van der Waals surface area contributed by atoms with Gasteiger partial charge >= 0.3 is 12.2 Å². The molecule has 0 spiro atoms. The molecule has 0 saturated heterocycles. The fourth-order valence-electron chi connectivity index (χ4n) is 3.32. The second kappa shape index (κ2) is 17.2. The molecule has 1 aromatic rings. The van der Waals surface area contributed by atoms with Crippen LogP contribution in [0.3, 0.4) is 0 Å². The zero-order chi connectivity index (χ0) is 27.7. The highest BCUT2D eigenvalue weighted by Crippen LogP contribution is 2.07. The van der Waals surface area contributed by atoms with E-state index in [4.69, 9.17) is 9.47 Å². The number of carbonyl (C=O) groups excluding carboxylic acids is 4. The Morgan fingerprint density at radius 2 is 1.46 bits per heavy atom. The van der Waals surface area contributed by atoms with Gasteiger partial charge in [-0.2, -0.15) is 0 Å². The van der Waals surface area contributed by atoms with Gasteiger partial charge in [-0.15, -0.1) is 0 Å². The minimum absolute atomic E-state index is 0.104. The minimum atomic E-state index is -0.704. The maximum atomic E-state index is 12.6. The molecule has 0 radical (unpaired) electrons. The molecule has 1 atom stereocenters. The van der Waals surface area contributed by atoms with Crippen molar-refractivity contribution in [1.29, 1.82) is 0 Å². The zero-order valence-electron chi connectivity index (χ0n) is 22.9. The molecule has 37 heavy (non-hydrogen) atoms. The summed E-state index contributed by atoms with van der Waals surface area (Å²) in [4.78, 5) is 48.4. The predicted octanol–water partition coefficient (Wildman–Crippen LogP) is 3.65. The van der Waals surface area contributed by atoms with Crippen LogP contribution in [-0.4, -0.2) is 55.3 Å². The van der Waals surface area contributed by atoms with E-state index in [-0.39, 0.29) is 25.0 Å². The van der Waals surface area contributed by atoms with Gasteiger partial charge in [0.05, 0.1) is 0 Å². The molecule has 0 heterocycles. The Morgan fingerprint density at radius 1 is 0.838 bits per heavy atom. The van der Waals surface area contributed by atoms with Crippen molar-refractivity contribution in [2.45, 2.75) is 85.0 Å². The summed E-state index contributed by atoms with van der Waals surface area (Å²) in [5, 5.41) is 10.7. The first-order chi connectivity index (χ1) is 17.5. The average molecular weight is 521 g/mol. The summed E-state index contributed by atoms with van der Waals surface area (Å²) < 4.78 is 10.3. The Labute approximate surface area is 220 Å². The standard InChI is InChI=1S/C27H44N4O6/c1-20(2)17-22(31-23(32)18-30-25(34)36-19-21-13-9-8-10-14-21)24(33)28-15-11-6-7-12-16-29-26(35)37-27(3,4)5/h8-10,13-14,20,22H,6-7,11-12,15-19H2,1-5H3,(H,28,33)(H,29,35)(H,30,34)(H,31,32)/t22-/m0/s1. The van der Waals surface area contributed by atoms with Crippen molar-refractivity contribution < 1.29 is 28.7 Å². The second-order valence-corrected chi connectivity index (χ2v) is 10.3. The number of benzene rings is 1. The number of carbonyl (C=O) groups is 4. The van der Waals surface area contributed by atoms with Crippen molar-refractivity contribution in [1.82, 2.24) is 21.3 Å². The molecule has 10 nitrogen and oxygen atoms in total. The third-order valence-electron chi connectivity index (χ3n) is 5.04. The van der Waals surface area contributed by atoms with Crippen molar-refractivity contribution in [3.63, 3.8) is 0 Å². The van der Waals surface area contributed by atoms with Crippen LogP contribution < -0.4 is 21.3 Å². The number of nitrogens with one attached hydrogen (secondary N) is 4. The normalized spacial score (nSPS) is 11.8. The smallest absolute Gasteiger partial charge is 0.407 e. The quantitative estimate of drug-likeness (QED) is 0.261. The molecule has 0 unspecified atom stereocenters.